The Bertz CT molecular complexity index is 1260. The minimum atomic E-state index is 0.163. The standard InChI is InChI=1S/C31H33NO/c1-4-23-16-17-25(18-22(23)2)30-19-27(33-31-15-8-7-14-29(30)31)21-32(3)20-26-12-9-11-24-10-5-6-13-28(24)26/h5-18,27,30H,4,19-21H2,1-3H3/t27-,30?/m1/s1. The van der Waals surface area contributed by atoms with E-state index in [0.717, 1.165) is 31.7 Å². The molecule has 0 saturated carbocycles. The molecule has 0 aliphatic carbocycles. The molecule has 168 valence electrons. The number of aryl methyl sites for hydroxylation is 2. The average Bonchev–Trinajstić information content (AvgIpc) is 2.83. The van der Waals surface area contributed by atoms with Crippen LogP contribution < -0.4 is 4.74 Å². The van der Waals surface area contributed by atoms with Gasteiger partial charge >= 0.3 is 0 Å². The van der Waals surface area contributed by atoms with Crippen LogP contribution in [0.25, 0.3) is 10.8 Å². The predicted molar refractivity (Wildman–Crippen MR) is 138 cm³/mol. The summed E-state index contributed by atoms with van der Waals surface area (Å²) in [7, 11) is 2.21. The summed E-state index contributed by atoms with van der Waals surface area (Å²) in [5.74, 6) is 1.41. The van der Waals surface area contributed by atoms with Crippen LogP contribution in [0, 0.1) is 6.92 Å². The van der Waals surface area contributed by atoms with Crippen molar-refractivity contribution in [3.8, 4) is 5.75 Å². The first-order chi connectivity index (χ1) is 16.1. The van der Waals surface area contributed by atoms with E-state index in [-0.39, 0.29) is 6.10 Å². The molecule has 0 spiro atoms. The molecule has 1 aliphatic rings. The molecule has 0 amide bonds. The molecule has 1 heterocycles. The van der Waals surface area contributed by atoms with E-state index in [1.54, 1.807) is 0 Å². The Morgan fingerprint density at radius 1 is 0.879 bits per heavy atom. The lowest BCUT2D eigenvalue weighted by molar-refractivity contribution is 0.118. The van der Waals surface area contributed by atoms with Crippen LogP contribution in [0.15, 0.2) is 84.9 Å². The first kappa shape index (κ1) is 21.7. The number of hydrogen-bond acceptors (Lipinski definition) is 2. The third kappa shape index (κ3) is 4.54. The van der Waals surface area contributed by atoms with Crippen molar-refractivity contribution in [2.75, 3.05) is 13.6 Å². The van der Waals surface area contributed by atoms with Crippen molar-refractivity contribution in [3.05, 3.63) is 113 Å². The van der Waals surface area contributed by atoms with Gasteiger partial charge in [-0.1, -0.05) is 85.8 Å². The SMILES string of the molecule is CCc1ccc(C2C[C@H](CN(C)Cc3cccc4ccccc34)Oc3ccccc32)cc1C. The molecule has 2 atom stereocenters. The van der Waals surface area contributed by atoms with Crippen molar-refractivity contribution in [1.82, 2.24) is 4.90 Å². The van der Waals surface area contributed by atoms with Crippen LogP contribution in [0.3, 0.4) is 0 Å². The summed E-state index contributed by atoms with van der Waals surface area (Å²) in [6.45, 7) is 6.29. The highest BCUT2D eigenvalue weighted by molar-refractivity contribution is 5.85. The van der Waals surface area contributed by atoms with Crippen LogP contribution in [0.5, 0.6) is 5.75 Å². The Kier molecular flexibility index (Phi) is 6.20. The van der Waals surface area contributed by atoms with Crippen LogP contribution in [-0.4, -0.2) is 24.6 Å². The maximum atomic E-state index is 6.51. The van der Waals surface area contributed by atoms with Crippen molar-refractivity contribution >= 4 is 10.8 Å². The molecule has 0 fully saturated rings. The summed E-state index contributed by atoms with van der Waals surface area (Å²) in [6, 6.07) is 30.9. The fourth-order valence-electron chi connectivity index (χ4n) is 5.39. The average molecular weight is 436 g/mol. The molecule has 1 aliphatic heterocycles. The Hall–Kier alpha value is -3.10. The minimum absolute atomic E-state index is 0.163. The van der Waals surface area contributed by atoms with Gasteiger partial charge in [0, 0.05) is 24.6 Å². The van der Waals surface area contributed by atoms with Gasteiger partial charge in [-0.3, -0.25) is 4.90 Å². The number of para-hydroxylation sites is 1. The predicted octanol–water partition coefficient (Wildman–Crippen LogP) is 7.13. The molecule has 2 heteroatoms. The van der Waals surface area contributed by atoms with E-state index < -0.39 is 0 Å². The molecule has 0 aromatic heterocycles. The molecule has 4 aromatic rings. The smallest absolute Gasteiger partial charge is 0.123 e. The van der Waals surface area contributed by atoms with Crippen LogP contribution in [-0.2, 0) is 13.0 Å². The number of fused-ring (bicyclic) bond motifs is 2. The lowest BCUT2D eigenvalue weighted by atomic mass is 9.83. The van der Waals surface area contributed by atoms with E-state index in [0.29, 0.717) is 5.92 Å². The van der Waals surface area contributed by atoms with Gasteiger partial charge < -0.3 is 4.74 Å². The maximum absolute atomic E-state index is 6.51. The quantitative estimate of drug-likeness (QED) is 0.319. The Balaban J connectivity index is 1.37. The number of nitrogens with zero attached hydrogens (tertiary/aromatic N) is 1. The molecule has 4 aromatic carbocycles. The Labute approximate surface area is 197 Å². The van der Waals surface area contributed by atoms with Crippen molar-refractivity contribution in [2.45, 2.75) is 45.3 Å². The molecular weight excluding hydrogens is 402 g/mol. The van der Waals surface area contributed by atoms with Crippen LogP contribution in [0.4, 0.5) is 0 Å². The third-order valence-corrected chi connectivity index (χ3v) is 7.07. The summed E-state index contributed by atoms with van der Waals surface area (Å²) < 4.78 is 6.51. The molecule has 33 heavy (non-hydrogen) atoms. The summed E-state index contributed by atoms with van der Waals surface area (Å²) >= 11 is 0. The van der Waals surface area contributed by atoms with Gasteiger partial charge in [-0.2, -0.15) is 0 Å². The lowest BCUT2D eigenvalue weighted by Crippen LogP contribution is -2.36. The highest BCUT2D eigenvalue weighted by Crippen LogP contribution is 2.41. The topological polar surface area (TPSA) is 12.5 Å². The van der Waals surface area contributed by atoms with Gasteiger partial charge in [0.05, 0.1) is 0 Å². The first-order valence-electron chi connectivity index (χ1n) is 12.1. The molecule has 2 nitrogen and oxygen atoms in total. The van der Waals surface area contributed by atoms with E-state index in [1.165, 1.54) is 38.6 Å². The number of ether oxygens (including phenoxy) is 1. The zero-order chi connectivity index (χ0) is 22.8. The third-order valence-electron chi connectivity index (χ3n) is 7.07. The van der Waals surface area contributed by atoms with E-state index in [4.69, 9.17) is 4.74 Å². The van der Waals surface area contributed by atoms with Gasteiger partial charge in [0.25, 0.3) is 0 Å². The van der Waals surface area contributed by atoms with Gasteiger partial charge in [0.15, 0.2) is 0 Å². The monoisotopic (exact) mass is 435 g/mol. The normalized spacial score (nSPS) is 17.7. The minimum Gasteiger partial charge on any atom is -0.489 e. The summed E-state index contributed by atoms with van der Waals surface area (Å²) in [4.78, 5) is 2.41. The lowest BCUT2D eigenvalue weighted by Gasteiger charge is -2.35. The summed E-state index contributed by atoms with van der Waals surface area (Å²) in [6.07, 6.45) is 2.25. The zero-order valence-corrected chi connectivity index (χ0v) is 19.9. The van der Waals surface area contributed by atoms with E-state index in [9.17, 15) is 0 Å². The molecule has 0 radical (unpaired) electrons. The highest BCUT2D eigenvalue weighted by Gasteiger charge is 2.30. The number of hydrogen-bond donors (Lipinski definition) is 0. The van der Waals surface area contributed by atoms with Crippen LogP contribution >= 0.6 is 0 Å². The van der Waals surface area contributed by atoms with Gasteiger partial charge in [-0.15, -0.1) is 0 Å². The van der Waals surface area contributed by atoms with Crippen molar-refractivity contribution in [2.24, 2.45) is 0 Å². The van der Waals surface area contributed by atoms with E-state index >= 15 is 0 Å². The number of rotatable bonds is 6. The second-order valence-electron chi connectivity index (χ2n) is 9.44. The molecule has 0 N–H and O–H groups in total. The maximum Gasteiger partial charge on any atom is 0.123 e. The van der Waals surface area contributed by atoms with Crippen LogP contribution in [0.1, 0.15) is 47.1 Å². The largest absolute Gasteiger partial charge is 0.489 e. The second-order valence-corrected chi connectivity index (χ2v) is 9.44. The van der Waals surface area contributed by atoms with Gasteiger partial charge in [-0.05, 0) is 65.9 Å². The second kappa shape index (κ2) is 9.41. The fraction of sp³-hybridized carbons (Fsp3) is 0.290. The van der Waals surface area contributed by atoms with Crippen molar-refractivity contribution in [3.63, 3.8) is 0 Å². The van der Waals surface area contributed by atoms with Crippen molar-refractivity contribution in [1.29, 1.82) is 0 Å². The highest BCUT2D eigenvalue weighted by atomic mass is 16.5. The van der Waals surface area contributed by atoms with Gasteiger partial charge in [0.2, 0.25) is 0 Å². The number of likely N-dealkylation sites (N-methyl/N-ethyl adjacent to an activating group) is 1. The molecule has 1 unspecified atom stereocenters. The van der Waals surface area contributed by atoms with Gasteiger partial charge in [-0.25, -0.2) is 0 Å². The fourth-order valence-corrected chi connectivity index (χ4v) is 5.39. The van der Waals surface area contributed by atoms with Crippen molar-refractivity contribution < 1.29 is 4.74 Å². The summed E-state index contributed by atoms with van der Waals surface area (Å²) in [5.41, 5.74) is 6.92. The molecule has 0 saturated heterocycles. The van der Waals surface area contributed by atoms with E-state index in [2.05, 4.69) is 111 Å². The number of benzene rings is 4. The summed E-state index contributed by atoms with van der Waals surface area (Å²) in [5, 5.41) is 2.64. The molecular formula is C31H33NO. The first-order valence-corrected chi connectivity index (χ1v) is 12.1. The van der Waals surface area contributed by atoms with E-state index in [1.807, 2.05) is 0 Å². The Morgan fingerprint density at radius 3 is 2.52 bits per heavy atom. The Morgan fingerprint density at radius 2 is 1.67 bits per heavy atom. The zero-order valence-electron chi connectivity index (χ0n) is 19.9. The van der Waals surface area contributed by atoms with Gasteiger partial charge in [0.1, 0.15) is 11.9 Å². The van der Waals surface area contributed by atoms with Crippen LogP contribution in [0.2, 0.25) is 0 Å². The molecule has 5 rings (SSSR count). The molecule has 0 bridgehead atoms.